The maximum Gasteiger partial charge on any atom is 0.416 e. The van der Waals surface area contributed by atoms with Crippen molar-refractivity contribution in [2.24, 2.45) is 5.73 Å². The van der Waals surface area contributed by atoms with E-state index in [2.05, 4.69) is 0 Å². The van der Waals surface area contributed by atoms with Crippen molar-refractivity contribution >= 4 is 17.5 Å². The molecule has 3 N–H and O–H groups in total. The lowest BCUT2D eigenvalue weighted by molar-refractivity contribution is -0.137. The standard InChI is InChI=1S/C11H9ClF4N2O/c1-5(17)2-9(18)19-10-7(12)3-6(4-8(10)13)11(14,15)16/h2-4,18H,17H2,1H3/b5-2-,18-9?. The van der Waals surface area contributed by atoms with Crippen LogP contribution in [-0.4, -0.2) is 5.90 Å². The highest BCUT2D eigenvalue weighted by Crippen LogP contribution is 2.36. The average molecular weight is 297 g/mol. The number of ether oxygens (including phenoxy) is 1. The van der Waals surface area contributed by atoms with Crippen LogP contribution in [0.5, 0.6) is 5.75 Å². The first-order chi connectivity index (χ1) is 8.61. The fourth-order valence-electron chi connectivity index (χ4n) is 1.17. The molecule has 1 rings (SSSR count). The van der Waals surface area contributed by atoms with Gasteiger partial charge in [0, 0.05) is 11.8 Å². The molecule has 0 aliphatic heterocycles. The molecule has 0 atom stereocenters. The number of rotatable bonds is 2. The molecule has 104 valence electrons. The van der Waals surface area contributed by atoms with Crippen LogP contribution in [0.25, 0.3) is 0 Å². The van der Waals surface area contributed by atoms with Crippen molar-refractivity contribution in [3.63, 3.8) is 0 Å². The van der Waals surface area contributed by atoms with Gasteiger partial charge in [-0.1, -0.05) is 11.6 Å². The Balaban J connectivity index is 3.12. The van der Waals surface area contributed by atoms with E-state index < -0.39 is 34.2 Å². The van der Waals surface area contributed by atoms with E-state index in [0.717, 1.165) is 6.08 Å². The van der Waals surface area contributed by atoms with Crippen LogP contribution in [0, 0.1) is 11.2 Å². The molecule has 0 unspecified atom stereocenters. The Kier molecular flexibility index (Phi) is 4.41. The third-order valence-corrected chi connectivity index (χ3v) is 2.18. The van der Waals surface area contributed by atoms with Crippen LogP contribution in [0.1, 0.15) is 12.5 Å². The molecule has 0 aliphatic carbocycles. The molecule has 0 radical (unpaired) electrons. The number of hydrogen-bond donors (Lipinski definition) is 2. The quantitative estimate of drug-likeness (QED) is 0.496. The van der Waals surface area contributed by atoms with Gasteiger partial charge in [-0.2, -0.15) is 13.2 Å². The van der Waals surface area contributed by atoms with Crippen LogP contribution in [-0.2, 0) is 6.18 Å². The Hall–Kier alpha value is -1.76. The highest BCUT2D eigenvalue weighted by atomic mass is 35.5. The van der Waals surface area contributed by atoms with E-state index in [1.54, 1.807) is 0 Å². The molecule has 0 aromatic heterocycles. The van der Waals surface area contributed by atoms with Gasteiger partial charge in [0.05, 0.1) is 10.6 Å². The van der Waals surface area contributed by atoms with E-state index >= 15 is 0 Å². The van der Waals surface area contributed by atoms with Crippen LogP contribution >= 0.6 is 11.6 Å². The van der Waals surface area contributed by atoms with Crippen LogP contribution in [0.3, 0.4) is 0 Å². The van der Waals surface area contributed by atoms with Gasteiger partial charge in [0.25, 0.3) is 0 Å². The summed E-state index contributed by atoms with van der Waals surface area (Å²) in [6.45, 7) is 1.46. The highest BCUT2D eigenvalue weighted by Gasteiger charge is 2.32. The van der Waals surface area contributed by atoms with Gasteiger partial charge in [0.15, 0.2) is 11.6 Å². The molecule has 0 aliphatic rings. The first-order valence-electron chi connectivity index (χ1n) is 4.87. The molecule has 8 heteroatoms. The van der Waals surface area contributed by atoms with E-state index in [1.165, 1.54) is 6.92 Å². The molecule has 19 heavy (non-hydrogen) atoms. The highest BCUT2D eigenvalue weighted by molar-refractivity contribution is 6.32. The molecular formula is C11H9ClF4N2O. The van der Waals surface area contributed by atoms with Crippen molar-refractivity contribution < 1.29 is 22.3 Å². The second-order valence-corrected chi connectivity index (χ2v) is 4.03. The number of alkyl halides is 3. The summed E-state index contributed by atoms with van der Waals surface area (Å²) in [7, 11) is 0. The molecule has 0 fully saturated rings. The van der Waals surface area contributed by atoms with Gasteiger partial charge in [-0.3, -0.25) is 5.41 Å². The van der Waals surface area contributed by atoms with Crippen LogP contribution in [0.15, 0.2) is 23.9 Å². The SMILES string of the molecule is C/C(N)=C/C(=N)Oc1c(F)cc(C(F)(F)F)cc1Cl. The smallest absolute Gasteiger partial charge is 0.416 e. The summed E-state index contributed by atoms with van der Waals surface area (Å²) in [6.07, 6.45) is -3.66. The maximum absolute atomic E-state index is 13.5. The number of halogens is 5. The number of hydrogen-bond acceptors (Lipinski definition) is 3. The van der Waals surface area contributed by atoms with E-state index in [1.807, 2.05) is 0 Å². The minimum Gasteiger partial charge on any atom is -0.435 e. The van der Waals surface area contributed by atoms with Gasteiger partial charge in [-0.05, 0) is 19.1 Å². The maximum atomic E-state index is 13.5. The van der Waals surface area contributed by atoms with Crippen molar-refractivity contribution in [2.45, 2.75) is 13.1 Å². The summed E-state index contributed by atoms with van der Waals surface area (Å²) >= 11 is 5.51. The largest absolute Gasteiger partial charge is 0.435 e. The molecule has 1 aromatic rings. The zero-order chi connectivity index (χ0) is 14.8. The van der Waals surface area contributed by atoms with Gasteiger partial charge < -0.3 is 10.5 Å². The Morgan fingerprint density at radius 1 is 1.42 bits per heavy atom. The lowest BCUT2D eigenvalue weighted by Crippen LogP contribution is -2.10. The normalized spacial score (nSPS) is 12.4. The van der Waals surface area contributed by atoms with Gasteiger partial charge in [0.1, 0.15) is 0 Å². The van der Waals surface area contributed by atoms with Crippen molar-refractivity contribution in [1.29, 1.82) is 5.41 Å². The summed E-state index contributed by atoms with van der Waals surface area (Å²) in [5, 5.41) is 6.72. The van der Waals surface area contributed by atoms with Gasteiger partial charge >= 0.3 is 6.18 Å². The Labute approximate surface area is 111 Å². The van der Waals surface area contributed by atoms with Crippen LogP contribution < -0.4 is 10.5 Å². The van der Waals surface area contributed by atoms with E-state index in [0.29, 0.717) is 6.07 Å². The molecular weight excluding hydrogens is 288 g/mol. The second-order valence-electron chi connectivity index (χ2n) is 3.62. The summed E-state index contributed by atoms with van der Waals surface area (Å²) in [5.41, 5.74) is 4.25. The zero-order valence-electron chi connectivity index (χ0n) is 9.61. The van der Waals surface area contributed by atoms with Crippen molar-refractivity contribution in [1.82, 2.24) is 0 Å². The molecule has 0 bridgehead atoms. The summed E-state index contributed by atoms with van der Waals surface area (Å²) < 4.78 is 55.3. The first-order valence-corrected chi connectivity index (χ1v) is 5.25. The van der Waals surface area contributed by atoms with Gasteiger partial charge in [-0.25, -0.2) is 4.39 Å². The number of nitrogens with one attached hydrogen (secondary N) is 1. The first kappa shape index (κ1) is 15.3. The molecule has 0 spiro atoms. The fraction of sp³-hybridized carbons (Fsp3) is 0.182. The summed E-state index contributed by atoms with van der Waals surface area (Å²) in [4.78, 5) is 0. The average Bonchev–Trinajstić information content (AvgIpc) is 2.20. The lowest BCUT2D eigenvalue weighted by atomic mass is 10.2. The monoisotopic (exact) mass is 296 g/mol. The summed E-state index contributed by atoms with van der Waals surface area (Å²) in [5.74, 6) is -2.51. The molecule has 0 saturated carbocycles. The predicted octanol–water partition coefficient (Wildman–Crippen LogP) is 3.72. The second kappa shape index (κ2) is 5.48. The molecule has 1 aromatic carbocycles. The molecule has 0 saturated heterocycles. The topological polar surface area (TPSA) is 59.1 Å². The minimum absolute atomic E-state index is 0.216. The Morgan fingerprint density at radius 2 is 2.00 bits per heavy atom. The fourth-order valence-corrected chi connectivity index (χ4v) is 1.41. The third-order valence-electron chi connectivity index (χ3n) is 1.90. The van der Waals surface area contributed by atoms with Crippen molar-refractivity contribution in [3.05, 3.63) is 40.3 Å². The van der Waals surface area contributed by atoms with Crippen molar-refractivity contribution in [3.8, 4) is 5.75 Å². The van der Waals surface area contributed by atoms with Gasteiger partial charge in [0.2, 0.25) is 5.90 Å². The minimum atomic E-state index is -4.72. The molecule has 3 nitrogen and oxygen atoms in total. The van der Waals surface area contributed by atoms with Crippen LogP contribution in [0.2, 0.25) is 5.02 Å². The molecule has 0 heterocycles. The third kappa shape index (κ3) is 4.13. The van der Waals surface area contributed by atoms with E-state index in [4.69, 9.17) is 27.5 Å². The number of nitrogens with two attached hydrogens (primary N) is 1. The van der Waals surface area contributed by atoms with E-state index in [-0.39, 0.29) is 11.8 Å². The van der Waals surface area contributed by atoms with E-state index in [9.17, 15) is 17.6 Å². The van der Waals surface area contributed by atoms with Crippen LogP contribution in [0.4, 0.5) is 17.6 Å². The predicted molar refractivity (Wildman–Crippen MR) is 62.7 cm³/mol. The Morgan fingerprint density at radius 3 is 2.42 bits per heavy atom. The summed E-state index contributed by atoms with van der Waals surface area (Å²) in [6, 6.07) is 0.764. The Bertz CT molecular complexity index is 513. The number of allylic oxidation sites excluding steroid dienone is 1. The van der Waals surface area contributed by atoms with Gasteiger partial charge in [-0.15, -0.1) is 0 Å². The van der Waals surface area contributed by atoms with Crippen molar-refractivity contribution in [2.75, 3.05) is 0 Å². The lowest BCUT2D eigenvalue weighted by Gasteiger charge is -2.11. The molecule has 0 amide bonds. The number of benzene rings is 1. The zero-order valence-corrected chi connectivity index (χ0v) is 10.4.